The highest BCUT2D eigenvalue weighted by Gasteiger charge is 2.21. The molecular weight excluding hydrogens is 306 g/mol. The molecule has 1 aromatic carbocycles. The molecule has 1 aromatic heterocycles. The molecular formula is C14H16BrN3O. The van der Waals surface area contributed by atoms with Crippen LogP contribution in [0.5, 0.6) is 0 Å². The monoisotopic (exact) mass is 321 g/mol. The zero-order chi connectivity index (χ0) is 13.2. The largest absolute Gasteiger partial charge is 0.387 e. The Morgan fingerprint density at radius 2 is 2.26 bits per heavy atom. The van der Waals surface area contributed by atoms with Crippen LogP contribution in [0.25, 0.3) is 0 Å². The van der Waals surface area contributed by atoms with Gasteiger partial charge < -0.3 is 5.11 Å². The number of aromatic nitrogens is 2. The highest BCUT2D eigenvalue weighted by molar-refractivity contribution is 9.10. The number of rotatable bonds is 3. The molecule has 1 unspecified atom stereocenters. The van der Waals surface area contributed by atoms with Gasteiger partial charge in [-0.15, -0.1) is 0 Å². The van der Waals surface area contributed by atoms with Gasteiger partial charge in [0.05, 0.1) is 12.3 Å². The zero-order valence-electron chi connectivity index (χ0n) is 10.5. The van der Waals surface area contributed by atoms with Crippen LogP contribution < -0.4 is 0 Å². The average Bonchev–Trinajstić information content (AvgIpc) is 2.86. The average molecular weight is 322 g/mol. The van der Waals surface area contributed by atoms with Gasteiger partial charge in [-0.1, -0.05) is 34.1 Å². The number of hydrogen-bond donors (Lipinski definition) is 2. The lowest BCUT2D eigenvalue weighted by atomic mass is 10.1. The maximum atomic E-state index is 10.4. The molecule has 5 heteroatoms. The lowest BCUT2D eigenvalue weighted by molar-refractivity contribution is 0.105. The van der Waals surface area contributed by atoms with E-state index in [0.717, 1.165) is 29.5 Å². The van der Waals surface area contributed by atoms with Gasteiger partial charge >= 0.3 is 0 Å². The van der Waals surface area contributed by atoms with E-state index in [4.69, 9.17) is 0 Å². The number of aliphatic hydroxyl groups excluding tert-OH is 1. The Labute approximate surface area is 120 Å². The predicted octanol–water partition coefficient (Wildman–Crippen LogP) is 2.26. The lowest BCUT2D eigenvalue weighted by Gasteiger charge is -2.28. The second-order valence-corrected chi connectivity index (χ2v) is 5.75. The van der Waals surface area contributed by atoms with Crippen LogP contribution in [0.15, 0.2) is 34.9 Å². The minimum atomic E-state index is -0.468. The molecule has 0 saturated carbocycles. The van der Waals surface area contributed by atoms with Crippen molar-refractivity contribution in [2.24, 2.45) is 0 Å². The van der Waals surface area contributed by atoms with Gasteiger partial charge in [0.2, 0.25) is 0 Å². The molecule has 0 radical (unpaired) electrons. The highest BCUT2D eigenvalue weighted by Crippen LogP contribution is 2.25. The van der Waals surface area contributed by atoms with E-state index in [0.29, 0.717) is 6.54 Å². The summed E-state index contributed by atoms with van der Waals surface area (Å²) >= 11 is 3.49. The SMILES string of the molecule is OC(CN1CCc2[nH]ncc2C1)c1ccccc1Br. The summed E-state index contributed by atoms with van der Waals surface area (Å²) in [4.78, 5) is 2.27. The maximum absolute atomic E-state index is 10.4. The fraction of sp³-hybridized carbons (Fsp3) is 0.357. The summed E-state index contributed by atoms with van der Waals surface area (Å²) in [5.41, 5.74) is 3.41. The van der Waals surface area contributed by atoms with Crippen molar-refractivity contribution in [3.05, 3.63) is 51.8 Å². The molecule has 0 fully saturated rings. The van der Waals surface area contributed by atoms with Crippen molar-refractivity contribution in [1.29, 1.82) is 0 Å². The molecule has 2 heterocycles. The van der Waals surface area contributed by atoms with Crippen molar-refractivity contribution in [3.63, 3.8) is 0 Å². The Kier molecular flexibility index (Phi) is 3.68. The number of fused-ring (bicyclic) bond motifs is 1. The summed E-state index contributed by atoms with van der Waals surface area (Å²) in [6.45, 7) is 2.46. The topological polar surface area (TPSA) is 52.1 Å². The summed E-state index contributed by atoms with van der Waals surface area (Å²) in [6, 6.07) is 7.83. The summed E-state index contributed by atoms with van der Waals surface area (Å²) < 4.78 is 0.962. The van der Waals surface area contributed by atoms with Gasteiger partial charge in [-0.3, -0.25) is 10.00 Å². The van der Waals surface area contributed by atoms with Crippen molar-refractivity contribution in [1.82, 2.24) is 15.1 Å². The van der Waals surface area contributed by atoms with Crippen LogP contribution in [-0.4, -0.2) is 33.3 Å². The third-order valence-corrected chi connectivity index (χ3v) is 4.30. The Morgan fingerprint density at radius 3 is 3.11 bits per heavy atom. The Balaban J connectivity index is 1.68. The molecule has 0 saturated heterocycles. The minimum Gasteiger partial charge on any atom is -0.387 e. The van der Waals surface area contributed by atoms with E-state index >= 15 is 0 Å². The highest BCUT2D eigenvalue weighted by atomic mass is 79.9. The lowest BCUT2D eigenvalue weighted by Crippen LogP contribution is -2.33. The van der Waals surface area contributed by atoms with E-state index in [-0.39, 0.29) is 0 Å². The van der Waals surface area contributed by atoms with E-state index < -0.39 is 6.10 Å². The van der Waals surface area contributed by atoms with E-state index in [2.05, 4.69) is 31.0 Å². The summed E-state index contributed by atoms with van der Waals surface area (Å²) in [5, 5.41) is 17.5. The first-order valence-corrected chi connectivity index (χ1v) is 7.19. The van der Waals surface area contributed by atoms with Gasteiger partial charge in [-0.2, -0.15) is 5.10 Å². The first kappa shape index (κ1) is 12.8. The van der Waals surface area contributed by atoms with Gasteiger partial charge in [-0.25, -0.2) is 0 Å². The minimum absolute atomic E-state index is 0.468. The predicted molar refractivity (Wildman–Crippen MR) is 76.7 cm³/mol. The van der Waals surface area contributed by atoms with Gasteiger partial charge in [0.15, 0.2) is 0 Å². The first-order valence-electron chi connectivity index (χ1n) is 6.40. The van der Waals surface area contributed by atoms with E-state index in [9.17, 15) is 5.11 Å². The molecule has 4 nitrogen and oxygen atoms in total. The number of aliphatic hydroxyl groups is 1. The van der Waals surface area contributed by atoms with Crippen molar-refractivity contribution >= 4 is 15.9 Å². The molecule has 3 rings (SSSR count). The smallest absolute Gasteiger partial charge is 0.0927 e. The normalized spacial score (nSPS) is 17.2. The number of nitrogens with zero attached hydrogens (tertiary/aromatic N) is 2. The van der Waals surface area contributed by atoms with Crippen LogP contribution in [0.1, 0.15) is 22.9 Å². The van der Waals surface area contributed by atoms with Crippen LogP contribution in [0.4, 0.5) is 0 Å². The Bertz CT molecular complexity index is 569. The number of β-amino-alcohol motifs (C(OH)–C–C–N with tert-alkyl or cyclic N) is 1. The molecule has 1 atom stereocenters. The molecule has 1 aliphatic heterocycles. The molecule has 19 heavy (non-hydrogen) atoms. The third-order valence-electron chi connectivity index (χ3n) is 3.57. The summed E-state index contributed by atoms with van der Waals surface area (Å²) in [5.74, 6) is 0. The molecule has 0 bridgehead atoms. The van der Waals surface area contributed by atoms with Crippen LogP contribution in [0.2, 0.25) is 0 Å². The van der Waals surface area contributed by atoms with Gasteiger partial charge in [0.1, 0.15) is 0 Å². The van der Waals surface area contributed by atoms with E-state index in [1.54, 1.807) is 0 Å². The fourth-order valence-electron chi connectivity index (χ4n) is 2.52. The van der Waals surface area contributed by atoms with E-state index in [1.807, 2.05) is 30.5 Å². The van der Waals surface area contributed by atoms with Crippen molar-refractivity contribution in [2.75, 3.05) is 13.1 Å². The number of aromatic amines is 1. The standard InChI is InChI=1S/C14H16BrN3O/c15-12-4-2-1-3-11(12)14(19)9-18-6-5-13-10(8-18)7-16-17-13/h1-4,7,14,19H,5-6,8-9H2,(H,16,17). The summed E-state index contributed by atoms with van der Waals surface area (Å²) in [6.07, 6.45) is 2.38. The number of benzene rings is 1. The van der Waals surface area contributed by atoms with Crippen LogP contribution in [0, 0.1) is 0 Å². The number of nitrogens with one attached hydrogen (secondary N) is 1. The van der Waals surface area contributed by atoms with Crippen LogP contribution in [0.3, 0.4) is 0 Å². The second-order valence-electron chi connectivity index (χ2n) is 4.90. The van der Waals surface area contributed by atoms with E-state index in [1.165, 1.54) is 11.3 Å². The Morgan fingerprint density at radius 1 is 1.42 bits per heavy atom. The molecule has 0 amide bonds. The van der Waals surface area contributed by atoms with Gasteiger partial charge in [-0.05, 0) is 11.6 Å². The zero-order valence-corrected chi connectivity index (χ0v) is 12.1. The van der Waals surface area contributed by atoms with Crippen LogP contribution >= 0.6 is 15.9 Å². The number of hydrogen-bond acceptors (Lipinski definition) is 3. The molecule has 1 aliphatic rings. The number of H-pyrrole nitrogens is 1. The molecule has 0 spiro atoms. The maximum Gasteiger partial charge on any atom is 0.0927 e. The molecule has 100 valence electrons. The fourth-order valence-corrected chi connectivity index (χ4v) is 3.07. The van der Waals surface area contributed by atoms with Crippen molar-refractivity contribution < 1.29 is 5.11 Å². The van der Waals surface area contributed by atoms with Gasteiger partial charge in [0.25, 0.3) is 0 Å². The van der Waals surface area contributed by atoms with Crippen molar-refractivity contribution in [3.8, 4) is 0 Å². The molecule has 2 N–H and O–H groups in total. The van der Waals surface area contributed by atoms with Crippen LogP contribution in [-0.2, 0) is 13.0 Å². The third kappa shape index (κ3) is 2.73. The number of halogens is 1. The molecule has 2 aromatic rings. The van der Waals surface area contributed by atoms with Crippen molar-refractivity contribution in [2.45, 2.75) is 19.1 Å². The quantitative estimate of drug-likeness (QED) is 0.911. The summed E-state index contributed by atoms with van der Waals surface area (Å²) in [7, 11) is 0. The Hall–Kier alpha value is -1.17. The first-order chi connectivity index (χ1) is 9.24. The molecule has 0 aliphatic carbocycles. The van der Waals surface area contributed by atoms with Gasteiger partial charge in [0, 0.05) is 41.8 Å². The second kappa shape index (κ2) is 5.45.